The van der Waals surface area contributed by atoms with Gasteiger partial charge in [0.2, 0.25) is 15.3 Å². The van der Waals surface area contributed by atoms with Gasteiger partial charge in [0.1, 0.15) is 16.4 Å². The number of furan rings is 1. The second-order valence-electron chi connectivity index (χ2n) is 3.96. The highest BCUT2D eigenvalue weighted by atomic mass is 35.5. The van der Waals surface area contributed by atoms with E-state index in [1.807, 2.05) is 0 Å². The maximum Gasteiger partial charge on any atom is 0.246 e. The predicted octanol–water partition coefficient (Wildman–Crippen LogP) is 1.85. The van der Waals surface area contributed by atoms with Gasteiger partial charge in [-0.05, 0) is 30.7 Å². The number of hydrogen-bond donors (Lipinski definition) is 0. The van der Waals surface area contributed by atoms with Gasteiger partial charge in [0.15, 0.2) is 0 Å². The van der Waals surface area contributed by atoms with Gasteiger partial charge in [-0.15, -0.1) is 0 Å². The number of aryl methyl sites for hydroxylation is 1. The molecule has 0 bridgehead atoms. The zero-order chi connectivity index (χ0) is 14.0. The van der Waals surface area contributed by atoms with Gasteiger partial charge in [0, 0.05) is 7.05 Å². The van der Waals surface area contributed by atoms with Gasteiger partial charge >= 0.3 is 0 Å². The maximum absolute atomic E-state index is 12.2. The molecule has 2 aromatic rings. The van der Waals surface area contributed by atoms with Crippen LogP contribution in [0.1, 0.15) is 11.5 Å². The van der Waals surface area contributed by atoms with Crippen molar-refractivity contribution in [3.63, 3.8) is 0 Å². The van der Waals surface area contributed by atoms with Crippen molar-refractivity contribution < 1.29 is 12.8 Å². The molecule has 0 saturated heterocycles. The van der Waals surface area contributed by atoms with Crippen LogP contribution in [0.2, 0.25) is 5.28 Å². The van der Waals surface area contributed by atoms with E-state index in [-0.39, 0.29) is 16.7 Å². The lowest BCUT2D eigenvalue weighted by Crippen LogP contribution is -2.26. The third kappa shape index (κ3) is 3.12. The first-order valence-corrected chi connectivity index (χ1v) is 7.20. The molecule has 0 atom stereocenters. The molecule has 0 aliphatic carbocycles. The fourth-order valence-electron chi connectivity index (χ4n) is 1.49. The summed E-state index contributed by atoms with van der Waals surface area (Å²) in [5.41, 5.74) is 0. The van der Waals surface area contributed by atoms with E-state index >= 15 is 0 Å². The molecule has 0 aliphatic rings. The average molecular weight is 302 g/mol. The van der Waals surface area contributed by atoms with Gasteiger partial charge in [-0.2, -0.15) is 4.31 Å². The van der Waals surface area contributed by atoms with Crippen LogP contribution in [0.4, 0.5) is 0 Å². The lowest BCUT2D eigenvalue weighted by Gasteiger charge is -2.15. The van der Waals surface area contributed by atoms with Crippen molar-refractivity contribution in [1.29, 1.82) is 0 Å². The van der Waals surface area contributed by atoms with E-state index in [1.165, 1.54) is 19.4 Å². The summed E-state index contributed by atoms with van der Waals surface area (Å²) in [5, 5.41) is 0.00302. The lowest BCUT2D eigenvalue weighted by molar-refractivity contribution is 0.397. The molecule has 6 nitrogen and oxygen atoms in total. The molecule has 0 unspecified atom stereocenters. The van der Waals surface area contributed by atoms with Gasteiger partial charge < -0.3 is 4.42 Å². The first kappa shape index (κ1) is 14.0. The molecule has 102 valence electrons. The quantitative estimate of drug-likeness (QED) is 0.806. The van der Waals surface area contributed by atoms with Gasteiger partial charge in [-0.3, -0.25) is 0 Å². The molecule has 0 fully saturated rings. The van der Waals surface area contributed by atoms with Crippen molar-refractivity contribution >= 4 is 21.6 Å². The number of sulfonamides is 1. The highest BCUT2D eigenvalue weighted by Gasteiger charge is 2.22. The van der Waals surface area contributed by atoms with Crippen LogP contribution >= 0.6 is 11.6 Å². The van der Waals surface area contributed by atoms with Crippen LogP contribution in [0.3, 0.4) is 0 Å². The van der Waals surface area contributed by atoms with Crippen molar-refractivity contribution in [3.8, 4) is 0 Å². The van der Waals surface area contributed by atoms with Gasteiger partial charge in [-0.25, -0.2) is 18.4 Å². The maximum atomic E-state index is 12.2. The van der Waals surface area contributed by atoms with Crippen LogP contribution in [0.15, 0.2) is 33.8 Å². The summed E-state index contributed by atoms with van der Waals surface area (Å²) in [6.07, 6.45) is 2.35. The Balaban J connectivity index is 2.21. The molecular formula is C11H12ClN3O3S. The van der Waals surface area contributed by atoms with Gasteiger partial charge in [0.25, 0.3) is 0 Å². The Morgan fingerprint density at radius 3 is 2.47 bits per heavy atom. The Labute approximate surface area is 116 Å². The van der Waals surface area contributed by atoms with E-state index < -0.39 is 10.0 Å². The summed E-state index contributed by atoms with van der Waals surface area (Å²) in [6, 6.07) is 3.51. The number of halogens is 1. The highest BCUT2D eigenvalue weighted by molar-refractivity contribution is 7.89. The van der Waals surface area contributed by atoms with Crippen molar-refractivity contribution in [2.24, 2.45) is 0 Å². The molecule has 2 heterocycles. The summed E-state index contributed by atoms with van der Waals surface area (Å²) >= 11 is 5.53. The largest absolute Gasteiger partial charge is 0.465 e. The number of aromatic nitrogens is 2. The molecule has 0 radical (unpaired) electrons. The summed E-state index contributed by atoms with van der Waals surface area (Å²) in [4.78, 5) is 7.32. The highest BCUT2D eigenvalue weighted by Crippen LogP contribution is 2.17. The smallest absolute Gasteiger partial charge is 0.246 e. The Morgan fingerprint density at radius 2 is 1.95 bits per heavy atom. The van der Waals surface area contributed by atoms with Crippen LogP contribution in [0.5, 0.6) is 0 Å². The molecular weight excluding hydrogens is 290 g/mol. The molecule has 0 amide bonds. The fourth-order valence-corrected chi connectivity index (χ4v) is 2.61. The molecule has 19 heavy (non-hydrogen) atoms. The minimum atomic E-state index is -3.65. The van der Waals surface area contributed by atoms with Crippen molar-refractivity contribution in [2.45, 2.75) is 18.4 Å². The normalized spacial score (nSPS) is 12.0. The molecule has 0 aliphatic heterocycles. The first-order valence-electron chi connectivity index (χ1n) is 5.39. The van der Waals surface area contributed by atoms with Crippen LogP contribution in [0, 0.1) is 6.92 Å². The van der Waals surface area contributed by atoms with Crippen LogP contribution in [-0.4, -0.2) is 29.7 Å². The third-order valence-electron chi connectivity index (χ3n) is 2.48. The second-order valence-corrected chi connectivity index (χ2v) is 6.34. The SMILES string of the molecule is Cc1ccc(CN(C)S(=O)(=O)c2cnc(Cl)nc2)o1. The Morgan fingerprint density at radius 1 is 1.32 bits per heavy atom. The molecule has 0 saturated carbocycles. The third-order valence-corrected chi connectivity index (χ3v) is 4.43. The number of rotatable bonds is 4. The van der Waals surface area contributed by atoms with E-state index in [1.54, 1.807) is 19.1 Å². The summed E-state index contributed by atoms with van der Waals surface area (Å²) in [6.45, 7) is 1.93. The Hall–Kier alpha value is -1.44. The van der Waals surface area contributed by atoms with Gasteiger partial charge in [-0.1, -0.05) is 0 Å². The van der Waals surface area contributed by atoms with E-state index in [2.05, 4.69) is 9.97 Å². The minimum absolute atomic E-state index is 0.00302. The van der Waals surface area contributed by atoms with E-state index in [9.17, 15) is 8.42 Å². The van der Waals surface area contributed by atoms with E-state index in [4.69, 9.17) is 16.0 Å². The Kier molecular flexibility index (Phi) is 3.88. The zero-order valence-electron chi connectivity index (χ0n) is 10.4. The lowest BCUT2D eigenvalue weighted by atomic mass is 10.4. The molecule has 0 N–H and O–H groups in total. The van der Waals surface area contributed by atoms with E-state index in [0.717, 1.165) is 10.1 Å². The average Bonchev–Trinajstić information content (AvgIpc) is 2.75. The van der Waals surface area contributed by atoms with Gasteiger partial charge in [0.05, 0.1) is 18.9 Å². The zero-order valence-corrected chi connectivity index (χ0v) is 11.9. The van der Waals surface area contributed by atoms with Crippen molar-refractivity contribution in [2.75, 3.05) is 7.05 Å². The van der Waals surface area contributed by atoms with Crippen molar-refractivity contribution in [1.82, 2.24) is 14.3 Å². The summed E-state index contributed by atoms with van der Waals surface area (Å²) < 4.78 is 30.9. The topological polar surface area (TPSA) is 76.3 Å². The van der Waals surface area contributed by atoms with Crippen molar-refractivity contribution in [3.05, 3.63) is 41.3 Å². The van der Waals surface area contributed by atoms with Crippen LogP contribution in [-0.2, 0) is 16.6 Å². The molecule has 0 aromatic carbocycles. The first-order chi connectivity index (χ1) is 8.89. The standard InChI is InChI=1S/C11H12ClN3O3S/c1-8-3-4-9(18-8)7-15(2)19(16,17)10-5-13-11(12)14-6-10/h3-6H,7H2,1-2H3. The second kappa shape index (κ2) is 5.28. The molecule has 8 heteroatoms. The van der Waals surface area contributed by atoms with E-state index in [0.29, 0.717) is 5.76 Å². The van der Waals surface area contributed by atoms with Crippen LogP contribution < -0.4 is 0 Å². The summed E-state index contributed by atoms with van der Waals surface area (Å²) in [5.74, 6) is 1.30. The molecule has 2 rings (SSSR count). The molecule has 0 spiro atoms. The minimum Gasteiger partial charge on any atom is -0.465 e. The predicted molar refractivity (Wildman–Crippen MR) is 69.1 cm³/mol. The number of nitrogens with zero attached hydrogens (tertiary/aromatic N) is 3. The Bertz CT molecular complexity index is 667. The molecule has 2 aromatic heterocycles. The fraction of sp³-hybridized carbons (Fsp3) is 0.273. The van der Waals surface area contributed by atoms with Crippen LogP contribution in [0.25, 0.3) is 0 Å². The monoisotopic (exact) mass is 301 g/mol. The number of hydrogen-bond acceptors (Lipinski definition) is 5. The summed E-state index contributed by atoms with van der Waals surface area (Å²) in [7, 11) is -2.19.